The summed E-state index contributed by atoms with van der Waals surface area (Å²) in [6.07, 6.45) is 3.62. The number of rotatable bonds is 8. The Balaban J connectivity index is 2.42. The standard InChI is InChI=1S/C16H27N3O/c1-4-14(10-11-17)8-9-16(20)19(3)12-15-7-5-6-13(2)18-15/h5-7,14H,4,8-12,17H2,1-3H3. The van der Waals surface area contributed by atoms with Crippen LogP contribution in [0.3, 0.4) is 0 Å². The molecular formula is C16H27N3O. The lowest BCUT2D eigenvalue weighted by Gasteiger charge is -2.19. The van der Waals surface area contributed by atoms with E-state index in [1.54, 1.807) is 4.90 Å². The number of hydrogen-bond acceptors (Lipinski definition) is 3. The maximum absolute atomic E-state index is 12.1. The summed E-state index contributed by atoms with van der Waals surface area (Å²) >= 11 is 0. The molecule has 0 aliphatic heterocycles. The fourth-order valence-electron chi connectivity index (χ4n) is 2.33. The summed E-state index contributed by atoms with van der Waals surface area (Å²) < 4.78 is 0. The molecule has 2 N–H and O–H groups in total. The molecule has 0 aromatic carbocycles. The maximum atomic E-state index is 12.1. The fourth-order valence-corrected chi connectivity index (χ4v) is 2.33. The maximum Gasteiger partial charge on any atom is 0.222 e. The Morgan fingerprint density at radius 2 is 2.15 bits per heavy atom. The number of carbonyl (C=O) groups excluding carboxylic acids is 1. The minimum absolute atomic E-state index is 0.184. The van der Waals surface area contributed by atoms with Crippen molar-refractivity contribution in [3.8, 4) is 0 Å². The molecule has 1 aromatic rings. The Morgan fingerprint density at radius 1 is 1.40 bits per heavy atom. The van der Waals surface area contributed by atoms with Crippen LogP contribution in [-0.4, -0.2) is 29.4 Å². The Hall–Kier alpha value is -1.42. The molecule has 1 heterocycles. The Labute approximate surface area is 122 Å². The van der Waals surface area contributed by atoms with Crippen molar-refractivity contribution in [2.24, 2.45) is 11.7 Å². The molecule has 4 nitrogen and oxygen atoms in total. The van der Waals surface area contributed by atoms with Gasteiger partial charge in [-0.15, -0.1) is 0 Å². The van der Waals surface area contributed by atoms with Gasteiger partial charge in [-0.25, -0.2) is 0 Å². The summed E-state index contributed by atoms with van der Waals surface area (Å²) in [5.74, 6) is 0.748. The summed E-state index contributed by atoms with van der Waals surface area (Å²) in [6, 6.07) is 5.90. The van der Waals surface area contributed by atoms with Crippen molar-refractivity contribution in [2.45, 2.75) is 46.1 Å². The first kappa shape index (κ1) is 16.6. The van der Waals surface area contributed by atoms with Crippen LogP contribution in [0.15, 0.2) is 18.2 Å². The van der Waals surface area contributed by atoms with Gasteiger partial charge in [0.2, 0.25) is 5.91 Å². The molecule has 20 heavy (non-hydrogen) atoms. The number of pyridine rings is 1. The molecule has 1 aromatic heterocycles. The van der Waals surface area contributed by atoms with Gasteiger partial charge in [-0.2, -0.15) is 0 Å². The zero-order valence-corrected chi connectivity index (χ0v) is 12.9. The van der Waals surface area contributed by atoms with Crippen LogP contribution in [0.1, 0.15) is 44.0 Å². The minimum Gasteiger partial charge on any atom is -0.340 e. The normalized spacial score (nSPS) is 12.2. The molecule has 0 aliphatic rings. The van der Waals surface area contributed by atoms with Crippen molar-refractivity contribution in [1.29, 1.82) is 0 Å². The first-order chi connectivity index (χ1) is 9.56. The highest BCUT2D eigenvalue weighted by Gasteiger charge is 2.13. The van der Waals surface area contributed by atoms with Crippen LogP contribution in [-0.2, 0) is 11.3 Å². The van der Waals surface area contributed by atoms with Gasteiger partial charge in [0.15, 0.2) is 0 Å². The second-order valence-corrected chi connectivity index (χ2v) is 5.41. The summed E-state index contributed by atoms with van der Waals surface area (Å²) in [5, 5.41) is 0. The second kappa shape index (κ2) is 8.69. The quantitative estimate of drug-likeness (QED) is 0.794. The summed E-state index contributed by atoms with van der Waals surface area (Å²) in [6.45, 7) is 5.40. The van der Waals surface area contributed by atoms with Crippen molar-refractivity contribution in [2.75, 3.05) is 13.6 Å². The predicted molar refractivity (Wildman–Crippen MR) is 82.1 cm³/mol. The highest BCUT2D eigenvalue weighted by molar-refractivity contribution is 5.75. The van der Waals surface area contributed by atoms with Gasteiger partial charge in [0.25, 0.3) is 0 Å². The molecule has 0 spiro atoms. The van der Waals surface area contributed by atoms with Crippen molar-refractivity contribution >= 4 is 5.91 Å². The molecule has 1 amide bonds. The Morgan fingerprint density at radius 3 is 2.75 bits per heavy atom. The van der Waals surface area contributed by atoms with E-state index in [0.717, 1.165) is 30.7 Å². The molecule has 0 saturated heterocycles. The topological polar surface area (TPSA) is 59.2 Å². The van der Waals surface area contributed by atoms with Crippen LogP contribution in [0.5, 0.6) is 0 Å². The number of amides is 1. The van der Waals surface area contributed by atoms with Gasteiger partial charge in [-0.3, -0.25) is 9.78 Å². The van der Waals surface area contributed by atoms with Gasteiger partial charge in [0, 0.05) is 19.2 Å². The number of aromatic nitrogens is 1. The van der Waals surface area contributed by atoms with Crippen LogP contribution in [0.4, 0.5) is 0 Å². The summed E-state index contributed by atoms with van der Waals surface area (Å²) in [4.78, 5) is 18.3. The lowest BCUT2D eigenvalue weighted by Crippen LogP contribution is -2.27. The molecule has 112 valence electrons. The van der Waals surface area contributed by atoms with Gasteiger partial charge in [-0.1, -0.05) is 19.4 Å². The van der Waals surface area contributed by atoms with E-state index in [1.165, 1.54) is 0 Å². The number of aryl methyl sites for hydroxylation is 1. The molecule has 0 aliphatic carbocycles. The largest absolute Gasteiger partial charge is 0.340 e. The minimum atomic E-state index is 0.184. The number of nitrogens with two attached hydrogens (primary N) is 1. The van der Waals surface area contributed by atoms with Crippen LogP contribution >= 0.6 is 0 Å². The summed E-state index contributed by atoms with van der Waals surface area (Å²) in [7, 11) is 1.84. The molecule has 0 saturated carbocycles. The van der Waals surface area contributed by atoms with Gasteiger partial charge in [0.1, 0.15) is 0 Å². The van der Waals surface area contributed by atoms with Gasteiger partial charge >= 0.3 is 0 Å². The monoisotopic (exact) mass is 277 g/mol. The van der Waals surface area contributed by atoms with E-state index < -0.39 is 0 Å². The summed E-state index contributed by atoms with van der Waals surface area (Å²) in [5.41, 5.74) is 7.51. The van der Waals surface area contributed by atoms with E-state index in [1.807, 2.05) is 32.2 Å². The molecular weight excluding hydrogens is 250 g/mol. The van der Waals surface area contributed by atoms with Crippen LogP contribution in [0, 0.1) is 12.8 Å². The van der Waals surface area contributed by atoms with Gasteiger partial charge in [0.05, 0.1) is 12.2 Å². The number of hydrogen-bond donors (Lipinski definition) is 1. The molecule has 1 rings (SSSR count). The van der Waals surface area contributed by atoms with E-state index in [0.29, 0.717) is 25.4 Å². The molecule has 0 bridgehead atoms. The lowest BCUT2D eigenvalue weighted by molar-refractivity contribution is -0.130. The molecule has 1 unspecified atom stereocenters. The second-order valence-electron chi connectivity index (χ2n) is 5.41. The average Bonchev–Trinajstić information content (AvgIpc) is 2.43. The van der Waals surface area contributed by atoms with Crippen molar-refractivity contribution in [3.63, 3.8) is 0 Å². The third-order valence-electron chi connectivity index (χ3n) is 3.69. The molecule has 0 radical (unpaired) electrons. The van der Waals surface area contributed by atoms with Crippen LogP contribution in [0.25, 0.3) is 0 Å². The van der Waals surface area contributed by atoms with Crippen LogP contribution in [0.2, 0.25) is 0 Å². The average molecular weight is 277 g/mol. The zero-order valence-electron chi connectivity index (χ0n) is 12.9. The van der Waals surface area contributed by atoms with E-state index >= 15 is 0 Å². The Bertz CT molecular complexity index is 420. The molecule has 4 heteroatoms. The highest BCUT2D eigenvalue weighted by Crippen LogP contribution is 2.15. The smallest absolute Gasteiger partial charge is 0.222 e. The van der Waals surface area contributed by atoms with E-state index in [9.17, 15) is 4.79 Å². The van der Waals surface area contributed by atoms with Crippen LogP contribution < -0.4 is 5.73 Å². The fraction of sp³-hybridized carbons (Fsp3) is 0.625. The Kier molecular flexibility index (Phi) is 7.23. The first-order valence-electron chi connectivity index (χ1n) is 7.43. The van der Waals surface area contributed by atoms with Gasteiger partial charge < -0.3 is 10.6 Å². The van der Waals surface area contributed by atoms with E-state index in [4.69, 9.17) is 5.73 Å². The predicted octanol–water partition coefficient (Wildman–Crippen LogP) is 2.50. The number of carbonyl (C=O) groups is 1. The lowest BCUT2D eigenvalue weighted by atomic mass is 9.96. The SMILES string of the molecule is CCC(CCN)CCC(=O)N(C)Cc1cccc(C)n1. The highest BCUT2D eigenvalue weighted by atomic mass is 16.2. The van der Waals surface area contributed by atoms with Gasteiger partial charge in [-0.05, 0) is 44.4 Å². The zero-order chi connectivity index (χ0) is 15.0. The van der Waals surface area contributed by atoms with Crippen molar-refractivity contribution in [1.82, 2.24) is 9.88 Å². The van der Waals surface area contributed by atoms with Crippen molar-refractivity contribution < 1.29 is 4.79 Å². The first-order valence-corrected chi connectivity index (χ1v) is 7.43. The molecule has 0 fully saturated rings. The van der Waals surface area contributed by atoms with E-state index in [-0.39, 0.29) is 5.91 Å². The third kappa shape index (κ3) is 5.70. The number of nitrogens with zero attached hydrogens (tertiary/aromatic N) is 2. The van der Waals surface area contributed by atoms with Crippen molar-refractivity contribution in [3.05, 3.63) is 29.6 Å². The van der Waals surface area contributed by atoms with E-state index in [2.05, 4.69) is 11.9 Å². The molecule has 1 atom stereocenters. The third-order valence-corrected chi connectivity index (χ3v) is 3.69.